The minimum Gasteiger partial charge on any atom is -0.324 e. The summed E-state index contributed by atoms with van der Waals surface area (Å²) in [5.74, 6) is 0.480. The van der Waals surface area contributed by atoms with Crippen molar-refractivity contribution in [3.05, 3.63) is 29.3 Å². The van der Waals surface area contributed by atoms with Gasteiger partial charge in [0.1, 0.15) is 0 Å². The monoisotopic (exact) mass is 309 g/mol. The van der Waals surface area contributed by atoms with Gasteiger partial charge >= 0.3 is 6.03 Å². The molecule has 21 heavy (non-hydrogen) atoms. The van der Waals surface area contributed by atoms with Crippen molar-refractivity contribution >= 4 is 23.3 Å². The summed E-state index contributed by atoms with van der Waals surface area (Å²) in [6.45, 7) is 7.59. The second kappa shape index (κ2) is 7.14. The van der Waals surface area contributed by atoms with Gasteiger partial charge < -0.3 is 15.1 Å². The van der Waals surface area contributed by atoms with Crippen LogP contribution in [0.4, 0.5) is 10.5 Å². The maximum Gasteiger partial charge on any atom is 0.321 e. The maximum absolute atomic E-state index is 12.4. The lowest BCUT2D eigenvalue weighted by Gasteiger charge is -2.40. The average molecular weight is 310 g/mol. The Balaban J connectivity index is 1.96. The van der Waals surface area contributed by atoms with Gasteiger partial charge in [0.15, 0.2) is 0 Å². The number of anilines is 1. The Kier molecular flexibility index (Phi) is 5.48. The number of nitrogens with zero attached hydrogens (tertiary/aromatic N) is 2. The van der Waals surface area contributed by atoms with Crippen molar-refractivity contribution in [1.82, 2.24) is 9.80 Å². The third-order valence-corrected chi connectivity index (χ3v) is 4.52. The zero-order chi connectivity index (χ0) is 15.4. The molecule has 0 bridgehead atoms. The van der Waals surface area contributed by atoms with Crippen molar-refractivity contribution in [3.63, 3.8) is 0 Å². The molecule has 0 aromatic heterocycles. The van der Waals surface area contributed by atoms with Gasteiger partial charge in [-0.25, -0.2) is 4.79 Å². The molecule has 1 fully saturated rings. The van der Waals surface area contributed by atoms with Gasteiger partial charge in [-0.05, 0) is 37.1 Å². The van der Waals surface area contributed by atoms with E-state index in [4.69, 9.17) is 11.6 Å². The predicted molar refractivity (Wildman–Crippen MR) is 87.9 cm³/mol. The van der Waals surface area contributed by atoms with Crippen LogP contribution in [0.25, 0.3) is 0 Å². The molecule has 1 heterocycles. The molecule has 0 unspecified atom stereocenters. The summed E-state index contributed by atoms with van der Waals surface area (Å²) in [6.07, 6.45) is 1.02. The van der Waals surface area contributed by atoms with Crippen LogP contribution in [0.15, 0.2) is 24.3 Å². The molecule has 1 aromatic rings. The third kappa shape index (κ3) is 4.11. The van der Waals surface area contributed by atoms with Gasteiger partial charge in [0, 0.05) is 36.9 Å². The van der Waals surface area contributed by atoms with E-state index in [2.05, 4.69) is 24.1 Å². The van der Waals surface area contributed by atoms with E-state index in [1.807, 2.05) is 24.1 Å². The molecule has 116 valence electrons. The Morgan fingerprint density at radius 3 is 2.90 bits per heavy atom. The summed E-state index contributed by atoms with van der Waals surface area (Å²) in [4.78, 5) is 16.6. The fourth-order valence-corrected chi connectivity index (χ4v) is 3.20. The molecular weight excluding hydrogens is 286 g/mol. The fraction of sp³-hybridized carbons (Fsp3) is 0.562. The molecule has 1 N–H and O–H groups in total. The van der Waals surface area contributed by atoms with E-state index in [1.165, 1.54) is 0 Å². The molecule has 5 heteroatoms. The molecule has 0 spiro atoms. The van der Waals surface area contributed by atoms with Crippen LogP contribution in [0, 0.1) is 5.92 Å². The molecule has 2 amide bonds. The number of hydrogen-bond acceptors (Lipinski definition) is 2. The number of carbonyl (C=O) groups is 1. The summed E-state index contributed by atoms with van der Waals surface area (Å²) in [5, 5.41) is 3.54. The Bertz CT molecular complexity index is 494. The Morgan fingerprint density at radius 1 is 1.52 bits per heavy atom. The molecule has 4 nitrogen and oxygen atoms in total. The number of rotatable bonds is 3. The maximum atomic E-state index is 12.4. The minimum absolute atomic E-state index is 0.0703. The number of halogens is 1. The SMILES string of the molecule is CCN1CC[C@H](N(C)C(=O)Nc2cccc(Cl)c2)[C@H](C)C1. The summed E-state index contributed by atoms with van der Waals surface area (Å²) >= 11 is 5.94. The smallest absolute Gasteiger partial charge is 0.321 e. The second-order valence-corrected chi connectivity index (χ2v) is 6.21. The van der Waals surface area contributed by atoms with Gasteiger partial charge in [-0.2, -0.15) is 0 Å². The van der Waals surface area contributed by atoms with Crippen molar-refractivity contribution in [1.29, 1.82) is 0 Å². The van der Waals surface area contributed by atoms with Crippen LogP contribution in [-0.2, 0) is 0 Å². The number of piperidine rings is 1. The van der Waals surface area contributed by atoms with Crippen molar-refractivity contribution in [2.24, 2.45) is 5.92 Å². The second-order valence-electron chi connectivity index (χ2n) is 5.78. The largest absolute Gasteiger partial charge is 0.324 e. The molecule has 1 aromatic carbocycles. The van der Waals surface area contributed by atoms with Crippen LogP contribution in [0.2, 0.25) is 5.02 Å². The molecule has 1 aliphatic rings. The van der Waals surface area contributed by atoms with Crippen LogP contribution in [0.1, 0.15) is 20.3 Å². The summed E-state index contributed by atoms with van der Waals surface area (Å²) in [6, 6.07) is 7.45. The van der Waals surface area contributed by atoms with Gasteiger partial charge in [0.05, 0.1) is 0 Å². The van der Waals surface area contributed by atoms with Crippen LogP contribution in [0.5, 0.6) is 0 Å². The molecule has 2 rings (SSSR count). The first kappa shape index (κ1) is 16.1. The average Bonchev–Trinajstić information content (AvgIpc) is 2.46. The number of benzene rings is 1. The first-order chi connectivity index (χ1) is 10.0. The van der Waals surface area contributed by atoms with E-state index in [0.717, 1.165) is 31.7 Å². The van der Waals surface area contributed by atoms with E-state index in [-0.39, 0.29) is 12.1 Å². The third-order valence-electron chi connectivity index (χ3n) is 4.29. The highest BCUT2D eigenvalue weighted by Gasteiger charge is 2.30. The molecule has 0 radical (unpaired) electrons. The molecule has 1 saturated heterocycles. The van der Waals surface area contributed by atoms with Crippen LogP contribution in [-0.4, -0.2) is 48.6 Å². The van der Waals surface area contributed by atoms with Crippen molar-refractivity contribution < 1.29 is 4.79 Å². The van der Waals surface area contributed by atoms with Crippen LogP contribution >= 0.6 is 11.6 Å². The highest BCUT2D eigenvalue weighted by molar-refractivity contribution is 6.30. The zero-order valence-electron chi connectivity index (χ0n) is 13.0. The van der Waals surface area contributed by atoms with Crippen LogP contribution in [0.3, 0.4) is 0 Å². The number of urea groups is 1. The van der Waals surface area contributed by atoms with E-state index in [0.29, 0.717) is 10.9 Å². The van der Waals surface area contributed by atoms with E-state index >= 15 is 0 Å². The molecule has 0 saturated carbocycles. The molecule has 0 aliphatic carbocycles. The topological polar surface area (TPSA) is 35.6 Å². The number of nitrogens with one attached hydrogen (secondary N) is 1. The minimum atomic E-state index is -0.0703. The molecular formula is C16H24ClN3O. The summed E-state index contributed by atoms with van der Waals surface area (Å²) in [7, 11) is 1.88. The summed E-state index contributed by atoms with van der Waals surface area (Å²) in [5.41, 5.74) is 0.734. The highest BCUT2D eigenvalue weighted by Crippen LogP contribution is 2.22. The van der Waals surface area contributed by atoms with Gasteiger partial charge in [0.2, 0.25) is 0 Å². The number of hydrogen-bond donors (Lipinski definition) is 1. The van der Waals surface area contributed by atoms with Crippen molar-refractivity contribution in [2.45, 2.75) is 26.3 Å². The Hall–Kier alpha value is -1.26. The van der Waals surface area contributed by atoms with E-state index in [1.54, 1.807) is 12.1 Å². The number of carbonyl (C=O) groups excluding carboxylic acids is 1. The standard InChI is InChI=1S/C16H24ClN3O/c1-4-20-9-8-15(12(2)11-20)19(3)16(21)18-14-7-5-6-13(17)10-14/h5-7,10,12,15H,4,8-9,11H2,1-3H3,(H,18,21)/t12-,15+/m1/s1. The fourth-order valence-electron chi connectivity index (χ4n) is 3.01. The summed E-state index contributed by atoms with van der Waals surface area (Å²) < 4.78 is 0. The normalized spacial score (nSPS) is 22.9. The van der Waals surface area contributed by atoms with Crippen molar-refractivity contribution in [2.75, 3.05) is 32.0 Å². The van der Waals surface area contributed by atoms with Gasteiger partial charge in [-0.1, -0.05) is 31.5 Å². The Morgan fingerprint density at radius 2 is 2.29 bits per heavy atom. The quantitative estimate of drug-likeness (QED) is 0.927. The van der Waals surface area contributed by atoms with E-state index < -0.39 is 0 Å². The zero-order valence-corrected chi connectivity index (χ0v) is 13.7. The van der Waals surface area contributed by atoms with Gasteiger partial charge in [0.25, 0.3) is 0 Å². The number of likely N-dealkylation sites (tertiary alicyclic amines) is 1. The first-order valence-corrected chi connectivity index (χ1v) is 7.90. The number of amides is 2. The predicted octanol–water partition coefficient (Wildman–Crippen LogP) is 3.53. The van der Waals surface area contributed by atoms with Crippen LogP contribution < -0.4 is 5.32 Å². The first-order valence-electron chi connectivity index (χ1n) is 7.53. The molecule has 2 atom stereocenters. The lowest BCUT2D eigenvalue weighted by atomic mass is 9.93. The lowest BCUT2D eigenvalue weighted by molar-refractivity contribution is 0.101. The Labute approximate surface area is 132 Å². The van der Waals surface area contributed by atoms with Crippen molar-refractivity contribution in [3.8, 4) is 0 Å². The lowest BCUT2D eigenvalue weighted by Crippen LogP contribution is -2.51. The van der Waals surface area contributed by atoms with E-state index in [9.17, 15) is 4.79 Å². The van der Waals surface area contributed by atoms with Gasteiger partial charge in [-0.15, -0.1) is 0 Å². The highest BCUT2D eigenvalue weighted by atomic mass is 35.5. The van der Waals surface area contributed by atoms with Gasteiger partial charge in [-0.3, -0.25) is 0 Å². The molecule has 1 aliphatic heterocycles.